The van der Waals surface area contributed by atoms with E-state index >= 15 is 0 Å². The highest BCUT2D eigenvalue weighted by atomic mass is 15.1. The first-order valence-corrected chi connectivity index (χ1v) is 8.85. The van der Waals surface area contributed by atoms with Crippen molar-refractivity contribution in [3.05, 3.63) is 48.5 Å². The minimum atomic E-state index is 0.504. The van der Waals surface area contributed by atoms with Crippen LogP contribution in [0, 0.1) is 0 Å². The van der Waals surface area contributed by atoms with Gasteiger partial charge >= 0.3 is 0 Å². The number of hydrogen-bond acceptors (Lipinski definition) is 3. The molecule has 1 N–H and O–H groups in total. The Labute approximate surface area is 139 Å². The van der Waals surface area contributed by atoms with E-state index in [0.717, 1.165) is 13.1 Å². The maximum atomic E-state index is 4.16. The fourth-order valence-electron chi connectivity index (χ4n) is 3.37. The SMILES string of the molecule is CC(CN1CCCCCC1)NCc1ccccc1-n1ccnc1. The van der Waals surface area contributed by atoms with Gasteiger partial charge in [-0.05, 0) is 44.5 Å². The van der Waals surface area contributed by atoms with Crippen molar-refractivity contribution in [3.8, 4) is 5.69 Å². The second-order valence-electron chi connectivity index (χ2n) is 6.60. The van der Waals surface area contributed by atoms with Crippen molar-refractivity contribution in [3.63, 3.8) is 0 Å². The number of nitrogens with one attached hydrogen (secondary N) is 1. The molecule has 0 bridgehead atoms. The van der Waals surface area contributed by atoms with E-state index in [0.29, 0.717) is 6.04 Å². The lowest BCUT2D eigenvalue weighted by Crippen LogP contribution is -2.39. The van der Waals surface area contributed by atoms with Crippen LogP contribution in [-0.2, 0) is 6.54 Å². The Morgan fingerprint density at radius 1 is 1.13 bits per heavy atom. The fourth-order valence-corrected chi connectivity index (χ4v) is 3.37. The summed E-state index contributed by atoms with van der Waals surface area (Å²) in [6.45, 7) is 6.86. The van der Waals surface area contributed by atoms with Gasteiger partial charge in [-0.15, -0.1) is 0 Å². The van der Waals surface area contributed by atoms with Gasteiger partial charge in [-0.1, -0.05) is 31.0 Å². The van der Waals surface area contributed by atoms with Gasteiger partial charge in [0.1, 0.15) is 0 Å². The molecule has 124 valence electrons. The summed E-state index contributed by atoms with van der Waals surface area (Å²) < 4.78 is 2.08. The molecule has 1 atom stereocenters. The molecule has 2 aromatic rings. The number of aromatic nitrogens is 2. The van der Waals surface area contributed by atoms with Crippen LogP contribution in [0.25, 0.3) is 5.69 Å². The quantitative estimate of drug-likeness (QED) is 0.889. The summed E-state index contributed by atoms with van der Waals surface area (Å²) in [4.78, 5) is 6.77. The molecule has 0 aliphatic carbocycles. The lowest BCUT2D eigenvalue weighted by atomic mass is 10.1. The van der Waals surface area contributed by atoms with Gasteiger partial charge in [0.2, 0.25) is 0 Å². The number of likely N-dealkylation sites (tertiary alicyclic amines) is 1. The number of rotatable bonds is 6. The van der Waals surface area contributed by atoms with Crippen LogP contribution in [0.4, 0.5) is 0 Å². The summed E-state index contributed by atoms with van der Waals surface area (Å²) in [7, 11) is 0. The number of nitrogens with zero attached hydrogens (tertiary/aromatic N) is 3. The third-order valence-corrected chi connectivity index (χ3v) is 4.65. The Bertz CT molecular complexity index is 571. The van der Waals surface area contributed by atoms with Crippen molar-refractivity contribution in [2.24, 2.45) is 0 Å². The molecule has 4 heteroatoms. The van der Waals surface area contributed by atoms with Crippen LogP contribution < -0.4 is 5.32 Å². The van der Waals surface area contributed by atoms with Crippen molar-refractivity contribution in [2.75, 3.05) is 19.6 Å². The number of imidazole rings is 1. The van der Waals surface area contributed by atoms with Crippen molar-refractivity contribution in [1.29, 1.82) is 0 Å². The summed E-state index contributed by atoms with van der Waals surface area (Å²) >= 11 is 0. The third kappa shape index (κ3) is 4.66. The number of hydrogen-bond donors (Lipinski definition) is 1. The summed E-state index contributed by atoms with van der Waals surface area (Å²) in [6, 6.07) is 9.04. The minimum absolute atomic E-state index is 0.504. The monoisotopic (exact) mass is 312 g/mol. The Balaban J connectivity index is 1.56. The van der Waals surface area contributed by atoms with Gasteiger partial charge in [0.15, 0.2) is 0 Å². The Morgan fingerprint density at radius 3 is 2.65 bits per heavy atom. The maximum Gasteiger partial charge on any atom is 0.0991 e. The number of para-hydroxylation sites is 1. The molecule has 1 aliphatic rings. The highest BCUT2D eigenvalue weighted by Crippen LogP contribution is 2.14. The first kappa shape index (κ1) is 16.2. The van der Waals surface area contributed by atoms with Crippen LogP contribution in [-0.4, -0.2) is 40.1 Å². The normalized spacial score (nSPS) is 17.8. The molecule has 1 fully saturated rings. The predicted molar refractivity (Wildman–Crippen MR) is 94.8 cm³/mol. The second kappa shape index (κ2) is 8.27. The second-order valence-corrected chi connectivity index (χ2v) is 6.60. The molecule has 1 aromatic heterocycles. The summed E-state index contributed by atoms with van der Waals surface area (Å²) in [6.07, 6.45) is 11.2. The summed E-state index contributed by atoms with van der Waals surface area (Å²) in [5, 5.41) is 3.69. The first-order valence-electron chi connectivity index (χ1n) is 8.85. The van der Waals surface area contributed by atoms with Crippen LogP contribution in [0.1, 0.15) is 38.2 Å². The molecule has 4 nitrogen and oxygen atoms in total. The van der Waals surface area contributed by atoms with Gasteiger partial charge in [-0.25, -0.2) is 4.98 Å². The van der Waals surface area contributed by atoms with E-state index in [9.17, 15) is 0 Å². The predicted octanol–water partition coefficient (Wildman–Crippen LogP) is 3.23. The zero-order valence-corrected chi connectivity index (χ0v) is 14.1. The fraction of sp³-hybridized carbons (Fsp3) is 0.526. The minimum Gasteiger partial charge on any atom is -0.309 e. The molecular weight excluding hydrogens is 284 g/mol. The van der Waals surface area contributed by atoms with E-state index < -0.39 is 0 Å². The van der Waals surface area contributed by atoms with Crippen molar-refractivity contribution in [2.45, 2.75) is 45.2 Å². The molecule has 1 saturated heterocycles. The molecule has 0 spiro atoms. The van der Waals surface area contributed by atoms with Crippen LogP contribution in [0.3, 0.4) is 0 Å². The molecule has 2 heterocycles. The van der Waals surface area contributed by atoms with Crippen LogP contribution in [0.2, 0.25) is 0 Å². The average Bonchev–Trinajstić information content (AvgIpc) is 2.99. The highest BCUT2D eigenvalue weighted by Gasteiger charge is 2.13. The molecule has 1 unspecified atom stereocenters. The Morgan fingerprint density at radius 2 is 1.91 bits per heavy atom. The standard InChI is InChI=1S/C19H28N4/c1-17(15-22-11-6-2-3-7-12-22)21-14-18-8-4-5-9-19(18)23-13-10-20-16-23/h4-5,8-10,13,16-17,21H,2-3,6-7,11-12,14-15H2,1H3. The molecule has 0 saturated carbocycles. The van der Waals surface area contributed by atoms with E-state index in [2.05, 4.69) is 51.0 Å². The van der Waals surface area contributed by atoms with E-state index in [1.165, 1.54) is 50.0 Å². The summed E-state index contributed by atoms with van der Waals surface area (Å²) in [5.74, 6) is 0. The van der Waals surface area contributed by atoms with Crippen molar-refractivity contribution < 1.29 is 0 Å². The lowest BCUT2D eigenvalue weighted by molar-refractivity contribution is 0.255. The lowest BCUT2D eigenvalue weighted by Gasteiger charge is -2.25. The zero-order chi connectivity index (χ0) is 15.9. The molecule has 1 aromatic carbocycles. The van der Waals surface area contributed by atoms with Gasteiger partial charge in [-0.3, -0.25) is 0 Å². The molecular formula is C19H28N4. The maximum absolute atomic E-state index is 4.16. The van der Waals surface area contributed by atoms with Crippen molar-refractivity contribution in [1.82, 2.24) is 19.8 Å². The van der Waals surface area contributed by atoms with Crippen LogP contribution in [0.15, 0.2) is 43.0 Å². The van der Waals surface area contributed by atoms with E-state index in [4.69, 9.17) is 0 Å². The smallest absolute Gasteiger partial charge is 0.0991 e. The highest BCUT2D eigenvalue weighted by molar-refractivity contribution is 5.40. The molecule has 0 amide bonds. The average molecular weight is 312 g/mol. The topological polar surface area (TPSA) is 33.1 Å². The van der Waals surface area contributed by atoms with E-state index in [-0.39, 0.29) is 0 Å². The Kier molecular flexibility index (Phi) is 5.83. The zero-order valence-electron chi connectivity index (χ0n) is 14.1. The van der Waals surface area contributed by atoms with Gasteiger partial charge in [0.25, 0.3) is 0 Å². The van der Waals surface area contributed by atoms with Gasteiger partial charge in [0.05, 0.1) is 12.0 Å². The molecule has 1 aliphatic heterocycles. The van der Waals surface area contributed by atoms with Gasteiger partial charge in [0, 0.05) is 31.5 Å². The molecule has 3 rings (SSSR count). The van der Waals surface area contributed by atoms with Crippen molar-refractivity contribution >= 4 is 0 Å². The number of benzene rings is 1. The molecule has 23 heavy (non-hydrogen) atoms. The van der Waals surface area contributed by atoms with E-state index in [1.807, 2.05) is 18.7 Å². The van der Waals surface area contributed by atoms with E-state index in [1.54, 1.807) is 0 Å². The van der Waals surface area contributed by atoms with Crippen LogP contribution in [0.5, 0.6) is 0 Å². The Hall–Kier alpha value is -1.65. The van der Waals surface area contributed by atoms with Crippen LogP contribution >= 0.6 is 0 Å². The van der Waals surface area contributed by atoms with Gasteiger partial charge < -0.3 is 14.8 Å². The first-order chi connectivity index (χ1) is 11.3. The third-order valence-electron chi connectivity index (χ3n) is 4.65. The largest absolute Gasteiger partial charge is 0.309 e. The summed E-state index contributed by atoms with van der Waals surface area (Å²) in [5.41, 5.74) is 2.52. The molecule has 0 radical (unpaired) electrons. The van der Waals surface area contributed by atoms with Gasteiger partial charge in [-0.2, -0.15) is 0 Å².